The third-order valence-electron chi connectivity index (χ3n) is 4.29. The van der Waals surface area contributed by atoms with Gasteiger partial charge in [-0.05, 0) is 41.8 Å². The molecular formula is C18H15BrN4O2. The molecule has 1 N–H and O–H groups in total. The highest BCUT2D eigenvalue weighted by Crippen LogP contribution is 2.26. The van der Waals surface area contributed by atoms with Crippen LogP contribution >= 0.6 is 15.9 Å². The summed E-state index contributed by atoms with van der Waals surface area (Å²) in [4.78, 5) is 15.0. The number of rotatable bonds is 3. The van der Waals surface area contributed by atoms with Crippen molar-refractivity contribution in [3.05, 3.63) is 69.8 Å². The molecule has 1 aliphatic heterocycles. The van der Waals surface area contributed by atoms with Gasteiger partial charge in [-0.2, -0.15) is 0 Å². The molecule has 0 saturated heterocycles. The second-order valence-electron chi connectivity index (χ2n) is 5.88. The molecule has 0 radical (unpaired) electrons. The fourth-order valence-electron chi connectivity index (χ4n) is 3.02. The number of carboxylic acid groups (broad SMARTS) is 1. The van der Waals surface area contributed by atoms with E-state index < -0.39 is 5.97 Å². The zero-order valence-electron chi connectivity index (χ0n) is 13.3. The minimum Gasteiger partial charge on any atom is -0.476 e. The van der Waals surface area contributed by atoms with E-state index in [1.807, 2.05) is 41.3 Å². The number of halogens is 1. The number of benzene rings is 2. The maximum Gasteiger partial charge on any atom is 0.360 e. The smallest absolute Gasteiger partial charge is 0.360 e. The van der Waals surface area contributed by atoms with Crippen LogP contribution in [0.15, 0.2) is 53.0 Å². The number of hydrogen-bond acceptors (Lipinski definition) is 4. The number of carbonyl (C=O) groups is 1. The highest BCUT2D eigenvalue weighted by molar-refractivity contribution is 9.10. The van der Waals surface area contributed by atoms with Crippen molar-refractivity contribution in [2.75, 3.05) is 11.4 Å². The van der Waals surface area contributed by atoms with Crippen LogP contribution in [0.1, 0.15) is 21.6 Å². The van der Waals surface area contributed by atoms with Gasteiger partial charge >= 0.3 is 5.97 Å². The number of aromatic carboxylic acids is 1. The quantitative estimate of drug-likeness (QED) is 0.732. The fraction of sp³-hybridized carbons (Fsp3) is 0.167. The van der Waals surface area contributed by atoms with Gasteiger partial charge in [-0.15, -0.1) is 15.0 Å². The van der Waals surface area contributed by atoms with Gasteiger partial charge in [-0.25, -0.2) is 4.79 Å². The maximum atomic E-state index is 11.7. The largest absolute Gasteiger partial charge is 0.476 e. The first-order chi connectivity index (χ1) is 12.1. The van der Waals surface area contributed by atoms with Crippen LogP contribution < -0.4 is 4.90 Å². The van der Waals surface area contributed by atoms with Crippen LogP contribution in [-0.4, -0.2) is 32.6 Å². The van der Waals surface area contributed by atoms with Gasteiger partial charge in [0.1, 0.15) is 0 Å². The van der Waals surface area contributed by atoms with Crippen LogP contribution in [0.5, 0.6) is 0 Å². The lowest BCUT2D eigenvalue weighted by Gasteiger charge is -2.28. The zero-order chi connectivity index (χ0) is 17.4. The van der Waals surface area contributed by atoms with E-state index in [0.717, 1.165) is 17.4 Å². The number of fused-ring (bicyclic) bond motifs is 1. The van der Waals surface area contributed by atoms with E-state index in [4.69, 9.17) is 0 Å². The van der Waals surface area contributed by atoms with Gasteiger partial charge in [0, 0.05) is 17.6 Å². The standard InChI is InChI=1S/C18H15BrN4O2/c19-14-5-7-15(8-6-14)23-20-16(18(24)25)17(21-23)22-10-9-12-3-1-2-4-13(12)11-22/h1-8H,9-11H2,(H,24,25). The van der Waals surface area contributed by atoms with Crippen molar-refractivity contribution in [3.63, 3.8) is 0 Å². The molecule has 3 aromatic rings. The Morgan fingerprint density at radius 1 is 1.04 bits per heavy atom. The second kappa shape index (κ2) is 6.33. The average molecular weight is 399 g/mol. The van der Waals surface area contributed by atoms with E-state index in [2.05, 4.69) is 38.3 Å². The van der Waals surface area contributed by atoms with Crippen molar-refractivity contribution < 1.29 is 9.90 Å². The number of nitrogens with zero attached hydrogens (tertiary/aromatic N) is 4. The Hall–Kier alpha value is -2.67. The Morgan fingerprint density at radius 3 is 2.48 bits per heavy atom. The molecule has 4 rings (SSSR count). The Labute approximate surface area is 152 Å². The van der Waals surface area contributed by atoms with E-state index in [-0.39, 0.29) is 5.69 Å². The minimum atomic E-state index is -1.07. The van der Waals surface area contributed by atoms with Crippen molar-refractivity contribution in [1.29, 1.82) is 0 Å². The van der Waals surface area contributed by atoms with Crippen LogP contribution in [0.2, 0.25) is 0 Å². The number of aromatic nitrogens is 3. The molecule has 0 fully saturated rings. The molecule has 0 unspecified atom stereocenters. The van der Waals surface area contributed by atoms with E-state index >= 15 is 0 Å². The predicted octanol–water partition coefficient (Wildman–Crippen LogP) is 3.29. The van der Waals surface area contributed by atoms with Gasteiger partial charge in [0.2, 0.25) is 5.69 Å². The van der Waals surface area contributed by atoms with E-state index in [9.17, 15) is 9.90 Å². The van der Waals surface area contributed by atoms with Gasteiger partial charge in [0.05, 0.1) is 5.69 Å². The molecule has 2 aromatic carbocycles. The molecule has 6 nitrogen and oxygen atoms in total. The van der Waals surface area contributed by atoms with Crippen LogP contribution in [0, 0.1) is 0 Å². The average Bonchev–Trinajstić information content (AvgIpc) is 3.07. The van der Waals surface area contributed by atoms with Crippen LogP contribution in [-0.2, 0) is 13.0 Å². The summed E-state index contributed by atoms with van der Waals surface area (Å²) in [6, 6.07) is 15.6. The molecule has 7 heteroatoms. The molecule has 0 bridgehead atoms. The van der Waals surface area contributed by atoms with Crippen LogP contribution in [0.25, 0.3) is 5.69 Å². The monoisotopic (exact) mass is 398 g/mol. The van der Waals surface area contributed by atoms with Gasteiger partial charge in [0.15, 0.2) is 5.82 Å². The first-order valence-corrected chi connectivity index (χ1v) is 8.69. The zero-order valence-corrected chi connectivity index (χ0v) is 14.8. The maximum absolute atomic E-state index is 11.7. The molecule has 0 aliphatic carbocycles. The molecule has 1 aliphatic rings. The first-order valence-electron chi connectivity index (χ1n) is 7.90. The third kappa shape index (κ3) is 3.02. The molecule has 0 spiro atoms. The number of hydrogen-bond donors (Lipinski definition) is 1. The summed E-state index contributed by atoms with van der Waals surface area (Å²) in [5, 5.41) is 18.2. The van der Waals surface area contributed by atoms with Gasteiger partial charge < -0.3 is 10.0 Å². The lowest BCUT2D eigenvalue weighted by atomic mass is 10.00. The molecule has 0 atom stereocenters. The summed E-state index contributed by atoms with van der Waals surface area (Å²) in [5.74, 6) is -0.665. The van der Waals surface area contributed by atoms with Crippen molar-refractivity contribution >= 4 is 27.7 Å². The minimum absolute atomic E-state index is 0.0256. The predicted molar refractivity (Wildman–Crippen MR) is 97.2 cm³/mol. The molecule has 0 amide bonds. The molecule has 1 aromatic heterocycles. The van der Waals surface area contributed by atoms with Crippen LogP contribution in [0.4, 0.5) is 5.82 Å². The van der Waals surface area contributed by atoms with Crippen LogP contribution in [0.3, 0.4) is 0 Å². The Bertz CT molecular complexity index is 937. The summed E-state index contributed by atoms with van der Waals surface area (Å²) in [6.07, 6.45) is 0.861. The fourth-order valence-corrected chi connectivity index (χ4v) is 3.28. The lowest BCUT2D eigenvalue weighted by Crippen LogP contribution is -2.31. The molecule has 0 saturated carbocycles. The number of anilines is 1. The van der Waals surface area contributed by atoms with Gasteiger partial charge in [-0.3, -0.25) is 0 Å². The molecular weight excluding hydrogens is 384 g/mol. The second-order valence-corrected chi connectivity index (χ2v) is 6.80. The van der Waals surface area contributed by atoms with Gasteiger partial charge in [0.25, 0.3) is 0 Å². The Balaban J connectivity index is 1.72. The Kier molecular flexibility index (Phi) is 4.01. The van der Waals surface area contributed by atoms with E-state index in [1.54, 1.807) is 0 Å². The van der Waals surface area contributed by atoms with Crippen molar-refractivity contribution in [3.8, 4) is 5.69 Å². The Morgan fingerprint density at radius 2 is 1.76 bits per heavy atom. The van der Waals surface area contributed by atoms with Crippen molar-refractivity contribution in [1.82, 2.24) is 15.0 Å². The highest BCUT2D eigenvalue weighted by Gasteiger charge is 2.26. The normalized spacial score (nSPS) is 13.6. The SMILES string of the molecule is O=C(O)c1nn(-c2ccc(Br)cc2)nc1N1CCc2ccccc2C1. The molecule has 25 heavy (non-hydrogen) atoms. The number of carboxylic acids is 1. The third-order valence-corrected chi connectivity index (χ3v) is 4.81. The summed E-state index contributed by atoms with van der Waals surface area (Å²) in [5.41, 5.74) is 3.19. The van der Waals surface area contributed by atoms with Crippen molar-refractivity contribution in [2.24, 2.45) is 0 Å². The summed E-state index contributed by atoms with van der Waals surface area (Å²) in [6.45, 7) is 1.35. The van der Waals surface area contributed by atoms with Crippen molar-refractivity contribution in [2.45, 2.75) is 13.0 Å². The molecule has 2 heterocycles. The van der Waals surface area contributed by atoms with Gasteiger partial charge in [-0.1, -0.05) is 40.2 Å². The molecule has 126 valence electrons. The van der Waals surface area contributed by atoms with E-state index in [1.165, 1.54) is 15.9 Å². The summed E-state index contributed by atoms with van der Waals surface area (Å²) in [7, 11) is 0. The lowest BCUT2D eigenvalue weighted by molar-refractivity contribution is 0.0690. The topological polar surface area (TPSA) is 71.2 Å². The summed E-state index contributed by atoms with van der Waals surface area (Å²) < 4.78 is 0.940. The first kappa shape index (κ1) is 15.8. The van der Waals surface area contributed by atoms with E-state index in [0.29, 0.717) is 18.1 Å². The highest BCUT2D eigenvalue weighted by atomic mass is 79.9. The summed E-state index contributed by atoms with van der Waals surface area (Å²) >= 11 is 3.39.